The van der Waals surface area contributed by atoms with E-state index in [9.17, 15) is 26.3 Å². The summed E-state index contributed by atoms with van der Waals surface area (Å²) in [6, 6.07) is 1.01. The Balaban J connectivity index is 3.43. The van der Waals surface area contributed by atoms with Gasteiger partial charge in [0, 0.05) is 17.8 Å². The highest BCUT2D eigenvalue weighted by Gasteiger charge is 2.42. The first-order chi connectivity index (χ1) is 8.04. The fourth-order valence-electron chi connectivity index (χ4n) is 1.30. The maximum atomic E-state index is 12.6. The van der Waals surface area contributed by atoms with E-state index in [1.165, 1.54) is 6.92 Å². The van der Waals surface area contributed by atoms with Gasteiger partial charge in [-0.2, -0.15) is 13.2 Å². The highest BCUT2D eigenvalue weighted by molar-refractivity contribution is 5.40. The minimum absolute atomic E-state index is 0.0997. The van der Waals surface area contributed by atoms with Crippen molar-refractivity contribution in [3.8, 4) is 5.75 Å². The number of halogens is 6. The van der Waals surface area contributed by atoms with Gasteiger partial charge in [-0.15, -0.1) is 13.2 Å². The smallest absolute Gasteiger partial charge is 0.403 e. The fourth-order valence-corrected chi connectivity index (χ4v) is 1.30. The second kappa shape index (κ2) is 4.63. The van der Waals surface area contributed by atoms with Crippen molar-refractivity contribution in [2.75, 3.05) is 0 Å². The van der Waals surface area contributed by atoms with Crippen LogP contribution in [0.3, 0.4) is 0 Å². The molecule has 0 atom stereocenters. The molecule has 1 aromatic heterocycles. The highest BCUT2D eigenvalue weighted by Crippen LogP contribution is 2.39. The van der Waals surface area contributed by atoms with Crippen molar-refractivity contribution in [3.05, 3.63) is 23.0 Å². The molecule has 18 heavy (non-hydrogen) atoms. The minimum Gasteiger partial charge on any atom is -0.403 e. The van der Waals surface area contributed by atoms with Gasteiger partial charge in [-0.1, -0.05) is 0 Å². The van der Waals surface area contributed by atoms with E-state index in [4.69, 9.17) is 5.73 Å². The molecule has 0 bridgehead atoms. The van der Waals surface area contributed by atoms with Gasteiger partial charge in [0.25, 0.3) is 0 Å². The third kappa shape index (κ3) is 3.49. The molecule has 3 nitrogen and oxygen atoms in total. The molecule has 1 heterocycles. The number of nitrogens with zero attached hydrogens (tertiary/aromatic N) is 1. The van der Waals surface area contributed by atoms with Crippen LogP contribution in [0.15, 0.2) is 6.07 Å². The molecule has 9 heteroatoms. The van der Waals surface area contributed by atoms with Gasteiger partial charge in [0.2, 0.25) is 0 Å². The number of aromatic nitrogens is 1. The summed E-state index contributed by atoms with van der Waals surface area (Å²) in [4.78, 5) is 3.03. The van der Waals surface area contributed by atoms with Gasteiger partial charge in [-0.25, -0.2) is 4.98 Å². The van der Waals surface area contributed by atoms with Crippen molar-refractivity contribution >= 4 is 0 Å². The molecule has 0 amide bonds. The Morgan fingerprint density at radius 2 is 1.78 bits per heavy atom. The lowest BCUT2D eigenvalue weighted by molar-refractivity contribution is -0.276. The average Bonchev–Trinajstić information content (AvgIpc) is 2.16. The van der Waals surface area contributed by atoms with Crippen LogP contribution >= 0.6 is 0 Å². The summed E-state index contributed by atoms with van der Waals surface area (Å²) >= 11 is 0. The molecule has 0 aliphatic carbocycles. The van der Waals surface area contributed by atoms with E-state index in [-0.39, 0.29) is 5.69 Å². The van der Waals surface area contributed by atoms with Gasteiger partial charge < -0.3 is 10.5 Å². The van der Waals surface area contributed by atoms with E-state index in [2.05, 4.69) is 9.72 Å². The van der Waals surface area contributed by atoms with Crippen LogP contribution in [0.2, 0.25) is 0 Å². The predicted octanol–water partition coefficient (Wildman–Crippen LogP) is 2.77. The molecule has 1 rings (SSSR count). The monoisotopic (exact) mass is 274 g/mol. The second-order valence-corrected chi connectivity index (χ2v) is 3.35. The van der Waals surface area contributed by atoms with Crippen LogP contribution in [0.5, 0.6) is 5.75 Å². The van der Waals surface area contributed by atoms with Crippen LogP contribution in [0.4, 0.5) is 26.3 Å². The van der Waals surface area contributed by atoms with Crippen molar-refractivity contribution in [1.29, 1.82) is 0 Å². The van der Waals surface area contributed by atoms with E-state index < -0.39 is 36.1 Å². The zero-order valence-electron chi connectivity index (χ0n) is 8.99. The van der Waals surface area contributed by atoms with Gasteiger partial charge in [-0.3, -0.25) is 0 Å². The quantitative estimate of drug-likeness (QED) is 0.843. The summed E-state index contributed by atoms with van der Waals surface area (Å²) in [6.45, 7) is 0.684. The van der Waals surface area contributed by atoms with Crippen molar-refractivity contribution < 1.29 is 31.1 Å². The zero-order chi connectivity index (χ0) is 14.1. The van der Waals surface area contributed by atoms with Gasteiger partial charge in [0.05, 0.1) is 0 Å². The standard InChI is InChI=1S/C9H8F6N2O/c1-4-2-5(3-16)6(18-9(13,14)15)7(17-4)8(10,11)12/h2H,3,16H2,1H3. The molecule has 0 aliphatic heterocycles. The number of alkyl halides is 6. The number of ether oxygens (including phenoxy) is 1. The molecular weight excluding hydrogens is 266 g/mol. The van der Waals surface area contributed by atoms with Crippen LogP contribution in [-0.2, 0) is 12.7 Å². The molecule has 0 radical (unpaired) electrons. The summed E-state index contributed by atoms with van der Waals surface area (Å²) in [7, 11) is 0. The van der Waals surface area contributed by atoms with Crippen molar-refractivity contribution in [1.82, 2.24) is 4.98 Å². The summed E-state index contributed by atoms with van der Waals surface area (Å²) in [5.74, 6) is -1.40. The summed E-state index contributed by atoms with van der Waals surface area (Å²) in [5, 5.41) is 0. The lowest BCUT2D eigenvalue weighted by Crippen LogP contribution is -2.23. The number of pyridine rings is 1. The van der Waals surface area contributed by atoms with Gasteiger partial charge in [0.1, 0.15) is 0 Å². The largest absolute Gasteiger partial charge is 0.573 e. The Morgan fingerprint density at radius 1 is 1.22 bits per heavy atom. The van der Waals surface area contributed by atoms with Crippen LogP contribution < -0.4 is 10.5 Å². The SMILES string of the molecule is Cc1cc(CN)c(OC(F)(F)F)c(C(F)(F)F)n1. The Hall–Kier alpha value is -1.51. The van der Waals surface area contributed by atoms with Crippen LogP contribution in [0.25, 0.3) is 0 Å². The molecule has 0 aliphatic rings. The van der Waals surface area contributed by atoms with E-state index in [0.717, 1.165) is 6.07 Å². The van der Waals surface area contributed by atoms with E-state index >= 15 is 0 Å². The molecule has 0 spiro atoms. The van der Waals surface area contributed by atoms with Crippen molar-refractivity contribution in [3.63, 3.8) is 0 Å². The molecule has 0 unspecified atom stereocenters. The fraction of sp³-hybridized carbons (Fsp3) is 0.444. The maximum Gasteiger partial charge on any atom is 0.573 e. The second-order valence-electron chi connectivity index (χ2n) is 3.35. The minimum atomic E-state index is -5.25. The summed E-state index contributed by atoms with van der Waals surface area (Å²) in [6.07, 6.45) is -10.3. The Labute approximate surface area is 97.6 Å². The lowest BCUT2D eigenvalue weighted by atomic mass is 10.1. The number of hydrogen-bond acceptors (Lipinski definition) is 3. The van der Waals surface area contributed by atoms with E-state index in [1.807, 2.05) is 0 Å². The van der Waals surface area contributed by atoms with Gasteiger partial charge in [0.15, 0.2) is 11.4 Å². The van der Waals surface area contributed by atoms with Crippen molar-refractivity contribution in [2.45, 2.75) is 26.0 Å². The number of nitrogens with two attached hydrogens (primary N) is 1. The van der Waals surface area contributed by atoms with E-state index in [0.29, 0.717) is 0 Å². The molecule has 0 aromatic carbocycles. The normalized spacial score (nSPS) is 12.7. The van der Waals surface area contributed by atoms with Crippen LogP contribution in [0, 0.1) is 6.92 Å². The van der Waals surface area contributed by atoms with Crippen LogP contribution in [0.1, 0.15) is 17.0 Å². The molecule has 0 saturated carbocycles. The van der Waals surface area contributed by atoms with Crippen molar-refractivity contribution in [2.24, 2.45) is 5.73 Å². The highest BCUT2D eigenvalue weighted by atomic mass is 19.4. The Bertz CT molecular complexity index is 440. The first-order valence-electron chi connectivity index (χ1n) is 4.58. The molecule has 102 valence electrons. The number of hydrogen-bond donors (Lipinski definition) is 1. The Kier molecular flexibility index (Phi) is 3.75. The van der Waals surface area contributed by atoms with Gasteiger partial charge >= 0.3 is 12.5 Å². The topological polar surface area (TPSA) is 48.1 Å². The zero-order valence-corrected chi connectivity index (χ0v) is 8.99. The van der Waals surface area contributed by atoms with Crippen LogP contribution in [-0.4, -0.2) is 11.3 Å². The number of rotatable bonds is 2. The molecule has 0 saturated heterocycles. The third-order valence-corrected chi connectivity index (χ3v) is 1.88. The Morgan fingerprint density at radius 3 is 2.17 bits per heavy atom. The van der Waals surface area contributed by atoms with Gasteiger partial charge in [-0.05, 0) is 13.0 Å². The average molecular weight is 274 g/mol. The third-order valence-electron chi connectivity index (χ3n) is 1.88. The van der Waals surface area contributed by atoms with E-state index in [1.54, 1.807) is 0 Å². The maximum absolute atomic E-state index is 12.6. The summed E-state index contributed by atoms with van der Waals surface area (Å²) in [5.41, 5.74) is 2.86. The molecule has 0 fully saturated rings. The molecule has 1 aromatic rings. The number of aryl methyl sites for hydroxylation is 1. The molecule has 2 N–H and O–H groups in total. The first-order valence-corrected chi connectivity index (χ1v) is 4.58. The summed E-state index contributed by atoms with van der Waals surface area (Å²) < 4.78 is 77.3. The first kappa shape index (κ1) is 14.6. The molecular formula is C9H8F6N2O. The predicted molar refractivity (Wildman–Crippen MR) is 48.6 cm³/mol. The lowest BCUT2D eigenvalue weighted by Gasteiger charge is -2.18.